The second-order valence-corrected chi connectivity index (χ2v) is 5.70. The first-order chi connectivity index (χ1) is 14.0. The standard InChI is InChI=1S/C19H17N5O5/c1-28-13-7-5-6-12(10-13)22-17-16(24(26)27)18(21-11-20-17)23-15-9-4-3-8-14(15)19(25)29-2/h3-11H,1-2H3,(H2,20,21,22,23). The minimum Gasteiger partial charge on any atom is -0.497 e. The van der Waals surface area contributed by atoms with Gasteiger partial charge in [-0.1, -0.05) is 18.2 Å². The largest absolute Gasteiger partial charge is 0.497 e. The molecule has 0 fully saturated rings. The second-order valence-electron chi connectivity index (χ2n) is 5.70. The number of benzene rings is 2. The van der Waals surface area contributed by atoms with Crippen molar-refractivity contribution in [2.24, 2.45) is 0 Å². The van der Waals surface area contributed by atoms with Crippen LogP contribution in [0.15, 0.2) is 54.9 Å². The van der Waals surface area contributed by atoms with E-state index in [1.807, 2.05) is 0 Å². The van der Waals surface area contributed by atoms with E-state index < -0.39 is 10.9 Å². The number of para-hydroxylation sites is 1. The van der Waals surface area contributed by atoms with Gasteiger partial charge in [0.1, 0.15) is 12.1 Å². The maximum absolute atomic E-state index is 12.0. The zero-order chi connectivity index (χ0) is 20.8. The molecule has 0 saturated carbocycles. The van der Waals surface area contributed by atoms with Gasteiger partial charge >= 0.3 is 11.7 Å². The highest BCUT2D eigenvalue weighted by atomic mass is 16.6. The molecule has 0 spiro atoms. The van der Waals surface area contributed by atoms with Gasteiger partial charge in [0.2, 0.25) is 11.6 Å². The molecule has 0 atom stereocenters. The first kappa shape index (κ1) is 19.5. The van der Waals surface area contributed by atoms with Gasteiger partial charge in [-0.2, -0.15) is 0 Å². The number of methoxy groups -OCH3 is 2. The Morgan fingerprint density at radius 3 is 2.45 bits per heavy atom. The van der Waals surface area contributed by atoms with Crippen LogP contribution in [-0.4, -0.2) is 35.1 Å². The van der Waals surface area contributed by atoms with E-state index in [1.54, 1.807) is 42.5 Å². The number of hydrogen-bond acceptors (Lipinski definition) is 9. The Bertz CT molecular complexity index is 1060. The first-order valence-corrected chi connectivity index (χ1v) is 8.38. The molecule has 1 heterocycles. The highest BCUT2D eigenvalue weighted by Crippen LogP contribution is 2.34. The number of nitrogens with zero attached hydrogens (tertiary/aromatic N) is 3. The summed E-state index contributed by atoms with van der Waals surface area (Å²) in [6, 6.07) is 13.3. The molecule has 0 radical (unpaired) electrons. The molecule has 0 amide bonds. The fourth-order valence-corrected chi connectivity index (χ4v) is 2.58. The van der Waals surface area contributed by atoms with Crippen molar-refractivity contribution in [3.05, 3.63) is 70.5 Å². The number of rotatable bonds is 7. The average molecular weight is 395 g/mol. The zero-order valence-corrected chi connectivity index (χ0v) is 15.6. The lowest BCUT2D eigenvalue weighted by atomic mass is 10.2. The normalized spacial score (nSPS) is 10.1. The van der Waals surface area contributed by atoms with Crippen LogP contribution in [0.2, 0.25) is 0 Å². The third-order valence-corrected chi connectivity index (χ3v) is 3.92. The predicted octanol–water partition coefficient (Wildman–Crippen LogP) is 3.67. The van der Waals surface area contributed by atoms with E-state index in [-0.39, 0.29) is 22.9 Å². The SMILES string of the molecule is COC(=O)c1ccccc1Nc1ncnc(Nc2cccc(OC)c2)c1[N+](=O)[O-]. The Labute approximate surface area is 165 Å². The van der Waals surface area contributed by atoms with Crippen LogP contribution in [0.4, 0.5) is 28.7 Å². The lowest BCUT2D eigenvalue weighted by Crippen LogP contribution is -2.09. The molecule has 0 aliphatic rings. The molecule has 1 aromatic heterocycles. The summed E-state index contributed by atoms with van der Waals surface area (Å²) in [7, 11) is 2.77. The number of esters is 1. The van der Waals surface area contributed by atoms with Gasteiger partial charge in [-0.25, -0.2) is 14.8 Å². The first-order valence-electron chi connectivity index (χ1n) is 8.38. The van der Waals surface area contributed by atoms with Crippen LogP contribution in [-0.2, 0) is 4.74 Å². The smallest absolute Gasteiger partial charge is 0.353 e. The number of nitro groups is 1. The average Bonchev–Trinajstić information content (AvgIpc) is 2.73. The quantitative estimate of drug-likeness (QED) is 0.350. The fourth-order valence-electron chi connectivity index (χ4n) is 2.58. The Morgan fingerprint density at radius 2 is 1.76 bits per heavy atom. The lowest BCUT2D eigenvalue weighted by molar-refractivity contribution is -0.383. The van der Waals surface area contributed by atoms with Gasteiger partial charge in [0.05, 0.1) is 30.4 Å². The number of carbonyl (C=O) groups excluding carboxylic acids is 1. The minimum atomic E-state index is -0.606. The van der Waals surface area contributed by atoms with Gasteiger partial charge in [-0.3, -0.25) is 10.1 Å². The number of aromatic nitrogens is 2. The van der Waals surface area contributed by atoms with Crippen LogP contribution < -0.4 is 15.4 Å². The third-order valence-electron chi connectivity index (χ3n) is 3.92. The van der Waals surface area contributed by atoms with E-state index in [2.05, 4.69) is 20.6 Å². The Kier molecular flexibility index (Phi) is 5.83. The van der Waals surface area contributed by atoms with Crippen molar-refractivity contribution < 1.29 is 19.2 Å². The molecule has 0 unspecified atom stereocenters. The molecule has 29 heavy (non-hydrogen) atoms. The minimum absolute atomic E-state index is 0.0173. The van der Waals surface area contributed by atoms with Crippen molar-refractivity contribution >= 4 is 34.7 Å². The van der Waals surface area contributed by atoms with Crippen LogP contribution in [0.25, 0.3) is 0 Å². The Morgan fingerprint density at radius 1 is 1.03 bits per heavy atom. The predicted molar refractivity (Wildman–Crippen MR) is 106 cm³/mol. The summed E-state index contributed by atoms with van der Waals surface area (Å²) in [5, 5.41) is 17.5. The zero-order valence-electron chi connectivity index (χ0n) is 15.6. The molecule has 3 aromatic rings. The maximum Gasteiger partial charge on any atom is 0.353 e. The van der Waals surface area contributed by atoms with Crippen molar-refractivity contribution in [3.8, 4) is 5.75 Å². The molecular weight excluding hydrogens is 378 g/mol. The monoisotopic (exact) mass is 395 g/mol. The summed E-state index contributed by atoms with van der Waals surface area (Å²) in [4.78, 5) is 31.1. The summed E-state index contributed by atoms with van der Waals surface area (Å²) in [5.41, 5.74) is 0.695. The highest BCUT2D eigenvalue weighted by molar-refractivity contribution is 5.96. The van der Waals surface area contributed by atoms with Gasteiger partial charge in [-0.15, -0.1) is 0 Å². The number of anilines is 4. The number of carbonyl (C=O) groups is 1. The number of ether oxygens (including phenoxy) is 2. The molecule has 0 saturated heterocycles. The summed E-state index contributed by atoms with van der Waals surface area (Å²) in [6.45, 7) is 0. The third kappa shape index (κ3) is 4.38. The van der Waals surface area contributed by atoms with Crippen molar-refractivity contribution in [2.45, 2.75) is 0 Å². The van der Waals surface area contributed by atoms with Crippen molar-refractivity contribution in [2.75, 3.05) is 24.9 Å². The maximum atomic E-state index is 12.0. The van der Waals surface area contributed by atoms with Crippen LogP contribution in [0, 0.1) is 10.1 Å². The molecule has 10 nitrogen and oxygen atoms in total. The van der Waals surface area contributed by atoms with Crippen LogP contribution >= 0.6 is 0 Å². The number of hydrogen-bond donors (Lipinski definition) is 2. The van der Waals surface area contributed by atoms with E-state index in [0.29, 0.717) is 17.1 Å². The van der Waals surface area contributed by atoms with Gasteiger partial charge in [-0.05, 0) is 24.3 Å². The summed E-state index contributed by atoms with van der Waals surface area (Å²) in [6.07, 6.45) is 1.18. The molecule has 0 aliphatic carbocycles. The second kappa shape index (κ2) is 8.65. The Balaban J connectivity index is 2.00. The van der Waals surface area contributed by atoms with E-state index >= 15 is 0 Å². The molecule has 148 valence electrons. The van der Waals surface area contributed by atoms with Gasteiger partial charge in [0.25, 0.3) is 0 Å². The van der Waals surface area contributed by atoms with Crippen LogP contribution in [0.5, 0.6) is 5.75 Å². The molecule has 2 aromatic carbocycles. The van der Waals surface area contributed by atoms with Gasteiger partial charge in [0, 0.05) is 11.8 Å². The molecule has 0 aliphatic heterocycles. The van der Waals surface area contributed by atoms with E-state index in [1.165, 1.54) is 26.6 Å². The van der Waals surface area contributed by atoms with Crippen LogP contribution in [0.3, 0.4) is 0 Å². The van der Waals surface area contributed by atoms with E-state index in [4.69, 9.17) is 9.47 Å². The van der Waals surface area contributed by atoms with Gasteiger partial charge in [0.15, 0.2) is 0 Å². The molecule has 0 bridgehead atoms. The van der Waals surface area contributed by atoms with Gasteiger partial charge < -0.3 is 20.1 Å². The Hall–Kier alpha value is -4.21. The molecular formula is C19H17N5O5. The van der Waals surface area contributed by atoms with E-state index in [0.717, 1.165) is 0 Å². The highest BCUT2D eigenvalue weighted by Gasteiger charge is 2.24. The summed E-state index contributed by atoms with van der Waals surface area (Å²) in [5.74, 6) is -0.0975. The summed E-state index contributed by atoms with van der Waals surface area (Å²) < 4.78 is 9.90. The lowest BCUT2D eigenvalue weighted by Gasteiger charge is -2.12. The van der Waals surface area contributed by atoms with Crippen molar-refractivity contribution in [1.82, 2.24) is 9.97 Å². The summed E-state index contributed by atoms with van der Waals surface area (Å²) >= 11 is 0. The topological polar surface area (TPSA) is 129 Å². The van der Waals surface area contributed by atoms with Crippen molar-refractivity contribution in [1.29, 1.82) is 0 Å². The van der Waals surface area contributed by atoms with Crippen LogP contribution in [0.1, 0.15) is 10.4 Å². The van der Waals surface area contributed by atoms with Crippen molar-refractivity contribution in [3.63, 3.8) is 0 Å². The number of nitrogens with one attached hydrogen (secondary N) is 2. The molecule has 2 N–H and O–H groups in total. The fraction of sp³-hybridized carbons (Fsp3) is 0.105. The molecule has 3 rings (SSSR count). The molecule has 10 heteroatoms. The van der Waals surface area contributed by atoms with E-state index in [9.17, 15) is 14.9 Å².